The van der Waals surface area contributed by atoms with Gasteiger partial charge in [0.05, 0.1) is 12.0 Å². The van der Waals surface area contributed by atoms with E-state index in [1.54, 1.807) is 6.26 Å². The summed E-state index contributed by atoms with van der Waals surface area (Å²) in [4.78, 5) is 0. The van der Waals surface area contributed by atoms with Crippen LogP contribution in [0, 0.1) is 0 Å². The maximum atomic E-state index is 5.55. The Labute approximate surface area is 108 Å². The summed E-state index contributed by atoms with van der Waals surface area (Å²) in [6.45, 7) is 7.38. The number of rotatable bonds is 6. The van der Waals surface area contributed by atoms with Crippen LogP contribution in [0.2, 0.25) is 0 Å². The van der Waals surface area contributed by atoms with Gasteiger partial charge in [-0.05, 0) is 45.0 Å². The van der Waals surface area contributed by atoms with Crippen molar-refractivity contribution >= 4 is 0 Å². The van der Waals surface area contributed by atoms with Gasteiger partial charge < -0.3 is 9.73 Å². The molecule has 98 valence electrons. The first-order chi connectivity index (χ1) is 8.74. The van der Waals surface area contributed by atoms with E-state index in [1.807, 2.05) is 23.0 Å². The van der Waals surface area contributed by atoms with Crippen molar-refractivity contribution in [2.24, 2.45) is 0 Å². The molecule has 0 saturated heterocycles. The van der Waals surface area contributed by atoms with Crippen molar-refractivity contribution in [1.29, 1.82) is 0 Å². The van der Waals surface area contributed by atoms with Crippen LogP contribution >= 0.6 is 0 Å². The third kappa shape index (κ3) is 2.64. The average molecular weight is 247 g/mol. The number of hydrogen-bond acceptors (Lipinski definition) is 3. The molecule has 0 amide bonds. The van der Waals surface area contributed by atoms with Crippen LogP contribution in [-0.4, -0.2) is 16.3 Å². The first kappa shape index (κ1) is 12.9. The molecule has 0 saturated carbocycles. The van der Waals surface area contributed by atoms with Crippen LogP contribution in [0.4, 0.5) is 0 Å². The van der Waals surface area contributed by atoms with Crippen LogP contribution in [0.5, 0.6) is 0 Å². The van der Waals surface area contributed by atoms with Crippen molar-refractivity contribution in [3.05, 3.63) is 42.1 Å². The van der Waals surface area contributed by atoms with E-state index in [2.05, 4.69) is 37.3 Å². The Bertz CT molecular complexity index is 459. The predicted molar refractivity (Wildman–Crippen MR) is 71.5 cm³/mol. The third-order valence-electron chi connectivity index (χ3n) is 2.91. The minimum Gasteiger partial charge on any atom is -0.467 e. The Kier molecular flexibility index (Phi) is 4.20. The summed E-state index contributed by atoms with van der Waals surface area (Å²) in [5.41, 5.74) is 1.15. The summed E-state index contributed by atoms with van der Waals surface area (Å²) in [5.74, 6) is 0.936. The zero-order valence-electron chi connectivity index (χ0n) is 11.3. The van der Waals surface area contributed by atoms with Crippen LogP contribution in [0.25, 0.3) is 0 Å². The molecule has 0 spiro atoms. The largest absolute Gasteiger partial charge is 0.467 e. The van der Waals surface area contributed by atoms with E-state index < -0.39 is 0 Å². The van der Waals surface area contributed by atoms with Gasteiger partial charge in [0.15, 0.2) is 0 Å². The second kappa shape index (κ2) is 5.87. The molecule has 0 aliphatic rings. The molecule has 2 aromatic rings. The molecule has 2 aromatic heterocycles. The van der Waals surface area contributed by atoms with Gasteiger partial charge >= 0.3 is 0 Å². The van der Waals surface area contributed by atoms with Gasteiger partial charge in [-0.3, -0.25) is 4.68 Å². The van der Waals surface area contributed by atoms with E-state index in [-0.39, 0.29) is 6.04 Å². The van der Waals surface area contributed by atoms with E-state index in [1.165, 1.54) is 0 Å². The molecule has 0 aromatic carbocycles. The van der Waals surface area contributed by atoms with Crippen molar-refractivity contribution in [2.75, 3.05) is 6.54 Å². The standard InChI is InChI=1S/C14H21N3O/c1-4-8-15-14(13-6-5-10-18-13)12-7-9-16-17(12)11(2)3/h5-7,9-11,14-15H,4,8H2,1-3H3. The average Bonchev–Trinajstić information content (AvgIpc) is 3.00. The smallest absolute Gasteiger partial charge is 0.126 e. The highest BCUT2D eigenvalue weighted by Crippen LogP contribution is 2.24. The second-order valence-corrected chi connectivity index (χ2v) is 4.70. The predicted octanol–water partition coefficient (Wildman–Crippen LogP) is 3.15. The van der Waals surface area contributed by atoms with Crippen molar-refractivity contribution in [1.82, 2.24) is 15.1 Å². The first-order valence-corrected chi connectivity index (χ1v) is 6.54. The van der Waals surface area contributed by atoms with Gasteiger partial charge in [0.2, 0.25) is 0 Å². The van der Waals surface area contributed by atoms with E-state index in [9.17, 15) is 0 Å². The summed E-state index contributed by atoms with van der Waals surface area (Å²) in [6.07, 6.45) is 4.65. The SMILES string of the molecule is CCCNC(c1ccco1)c1ccnn1C(C)C. The molecule has 1 N–H and O–H groups in total. The van der Waals surface area contributed by atoms with E-state index in [0.717, 1.165) is 24.4 Å². The first-order valence-electron chi connectivity index (χ1n) is 6.54. The number of hydrogen-bond donors (Lipinski definition) is 1. The fourth-order valence-corrected chi connectivity index (χ4v) is 2.08. The molecule has 0 aliphatic heterocycles. The molecule has 2 rings (SSSR count). The topological polar surface area (TPSA) is 43.0 Å². The number of aromatic nitrogens is 2. The van der Waals surface area contributed by atoms with Gasteiger partial charge in [0.1, 0.15) is 11.8 Å². The van der Waals surface area contributed by atoms with Gasteiger partial charge in [-0.2, -0.15) is 5.10 Å². The fraction of sp³-hybridized carbons (Fsp3) is 0.500. The van der Waals surface area contributed by atoms with Gasteiger partial charge in [-0.15, -0.1) is 0 Å². The van der Waals surface area contributed by atoms with E-state index in [4.69, 9.17) is 4.42 Å². The Morgan fingerprint density at radius 3 is 2.83 bits per heavy atom. The van der Waals surface area contributed by atoms with Crippen LogP contribution in [-0.2, 0) is 0 Å². The van der Waals surface area contributed by atoms with Crippen molar-refractivity contribution in [3.63, 3.8) is 0 Å². The molecular weight excluding hydrogens is 226 g/mol. The molecule has 0 radical (unpaired) electrons. The number of nitrogens with zero attached hydrogens (tertiary/aromatic N) is 2. The lowest BCUT2D eigenvalue weighted by Gasteiger charge is -2.19. The Morgan fingerprint density at radius 1 is 1.39 bits per heavy atom. The molecule has 0 aliphatic carbocycles. The minimum absolute atomic E-state index is 0.0739. The molecule has 4 heteroatoms. The lowest BCUT2D eigenvalue weighted by molar-refractivity contribution is 0.412. The molecule has 0 fully saturated rings. The monoisotopic (exact) mass is 247 g/mol. The van der Waals surface area contributed by atoms with Crippen molar-refractivity contribution in [3.8, 4) is 0 Å². The lowest BCUT2D eigenvalue weighted by Crippen LogP contribution is -2.26. The molecule has 0 bridgehead atoms. The summed E-state index contributed by atoms with van der Waals surface area (Å²) < 4.78 is 7.59. The highest BCUT2D eigenvalue weighted by Gasteiger charge is 2.20. The van der Waals surface area contributed by atoms with Crippen LogP contribution < -0.4 is 5.32 Å². The van der Waals surface area contributed by atoms with Crippen LogP contribution in [0.3, 0.4) is 0 Å². The quantitative estimate of drug-likeness (QED) is 0.852. The third-order valence-corrected chi connectivity index (χ3v) is 2.91. The van der Waals surface area contributed by atoms with Crippen molar-refractivity contribution < 1.29 is 4.42 Å². The molecule has 18 heavy (non-hydrogen) atoms. The Morgan fingerprint density at radius 2 is 2.22 bits per heavy atom. The molecule has 1 unspecified atom stereocenters. The summed E-state index contributed by atoms with van der Waals surface area (Å²) in [5, 5.41) is 7.90. The highest BCUT2D eigenvalue weighted by atomic mass is 16.3. The van der Waals surface area contributed by atoms with Gasteiger partial charge in [-0.1, -0.05) is 6.92 Å². The molecule has 4 nitrogen and oxygen atoms in total. The Balaban J connectivity index is 2.31. The van der Waals surface area contributed by atoms with Crippen molar-refractivity contribution in [2.45, 2.75) is 39.3 Å². The highest BCUT2D eigenvalue weighted by molar-refractivity contribution is 5.20. The van der Waals surface area contributed by atoms with Gasteiger partial charge in [-0.25, -0.2) is 0 Å². The van der Waals surface area contributed by atoms with Crippen LogP contribution in [0.15, 0.2) is 35.1 Å². The summed E-state index contributed by atoms with van der Waals surface area (Å²) >= 11 is 0. The molecule has 2 heterocycles. The fourth-order valence-electron chi connectivity index (χ4n) is 2.08. The normalized spacial score (nSPS) is 13.1. The van der Waals surface area contributed by atoms with E-state index in [0.29, 0.717) is 6.04 Å². The van der Waals surface area contributed by atoms with E-state index >= 15 is 0 Å². The van der Waals surface area contributed by atoms with Gasteiger partial charge in [0, 0.05) is 12.2 Å². The second-order valence-electron chi connectivity index (χ2n) is 4.70. The molecular formula is C14H21N3O. The summed E-state index contributed by atoms with van der Waals surface area (Å²) in [6, 6.07) is 6.40. The van der Waals surface area contributed by atoms with Gasteiger partial charge in [0.25, 0.3) is 0 Å². The Hall–Kier alpha value is -1.55. The lowest BCUT2D eigenvalue weighted by atomic mass is 10.1. The zero-order chi connectivity index (χ0) is 13.0. The summed E-state index contributed by atoms with van der Waals surface area (Å²) in [7, 11) is 0. The van der Waals surface area contributed by atoms with Crippen LogP contribution in [0.1, 0.15) is 50.7 Å². The number of nitrogens with one attached hydrogen (secondary N) is 1. The maximum Gasteiger partial charge on any atom is 0.126 e. The zero-order valence-corrected chi connectivity index (χ0v) is 11.3. The maximum absolute atomic E-state index is 5.55. The minimum atomic E-state index is 0.0739. The molecule has 1 atom stereocenters. The number of furan rings is 1.